The molecule has 0 saturated carbocycles. The van der Waals surface area contributed by atoms with Crippen molar-refractivity contribution in [1.29, 1.82) is 0 Å². The SMILES string of the molecule is N[C@H]1CCCc2c1sc1ccccc21. The fourth-order valence-corrected chi connectivity index (χ4v) is 3.59. The van der Waals surface area contributed by atoms with Gasteiger partial charge < -0.3 is 5.73 Å². The van der Waals surface area contributed by atoms with Crippen molar-refractivity contribution in [3.8, 4) is 0 Å². The summed E-state index contributed by atoms with van der Waals surface area (Å²) in [7, 11) is 0. The molecule has 0 radical (unpaired) electrons. The minimum atomic E-state index is 0.288. The zero-order chi connectivity index (χ0) is 9.54. The van der Waals surface area contributed by atoms with Crippen LogP contribution in [0.3, 0.4) is 0 Å². The Kier molecular flexibility index (Phi) is 1.85. The zero-order valence-corrected chi connectivity index (χ0v) is 8.81. The third kappa shape index (κ3) is 1.11. The van der Waals surface area contributed by atoms with Gasteiger partial charge in [0.15, 0.2) is 0 Å². The topological polar surface area (TPSA) is 26.0 Å². The Morgan fingerprint density at radius 2 is 2.14 bits per heavy atom. The van der Waals surface area contributed by atoms with Gasteiger partial charge in [-0.05, 0) is 36.3 Å². The van der Waals surface area contributed by atoms with Gasteiger partial charge in [-0.2, -0.15) is 0 Å². The van der Waals surface area contributed by atoms with Crippen LogP contribution in [-0.4, -0.2) is 0 Å². The summed E-state index contributed by atoms with van der Waals surface area (Å²) in [5.74, 6) is 0. The molecule has 2 N–H and O–H groups in total. The van der Waals surface area contributed by atoms with Gasteiger partial charge in [0, 0.05) is 15.6 Å². The van der Waals surface area contributed by atoms with E-state index < -0.39 is 0 Å². The molecular formula is C12H13NS. The number of aryl methyl sites for hydroxylation is 1. The van der Waals surface area contributed by atoms with Crippen LogP contribution in [0.1, 0.15) is 29.3 Å². The van der Waals surface area contributed by atoms with Crippen LogP contribution < -0.4 is 5.73 Å². The van der Waals surface area contributed by atoms with Crippen LogP contribution in [-0.2, 0) is 6.42 Å². The standard InChI is InChI=1S/C12H13NS/c13-10-6-3-5-9-8-4-1-2-7-11(8)14-12(9)10/h1-2,4,7,10H,3,5-6,13H2/t10-/m0/s1. The molecule has 2 aromatic rings. The van der Waals surface area contributed by atoms with Crippen molar-refractivity contribution in [3.63, 3.8) is 0 Å². The molecule has 1 atom stereocenters. The minimum absolute atomic E-state index is 0.288. The van der Waals surface area contributed by atoms with E-state index in [0.717, 1.165) is 6.42 Å². The van der Waals surface area contributed by atoms with Gasteiger partial charge in [-0.3, -0.25) is 0 Å². The van der Waals surface area contributed by atoms with Crippen LogP contribution in [0.25, 0.3) is 10.1 Å². The van der Waals surface area contributed by atoms with Gasteiger partial charge in [-0.25, -0.2) is 0 Å². The Bertz CT molecular complexity index is 472. The molecular weight excluding hydrogens is 190 g/mol. The van der Waals surface area contributed by atoms with Gasteiger partial charge in [-0.1, -0.05) is 18.2 Å². The van der Waals surface area contributed by atoms with E-state index in [1.54, 1.807) is 0 Å². The normalized spacial score (nSPS) is 21.1. The van der Waals surface area contributed by atoms with Gasteiger partial charge in [0.2, 0.25) is 0 Å². The molecule has 0 aliphatic heterocycles. The summed E-state index contributed by atoms with van der Waals surface area (Å²) in [4.78, 5) is 1.43. The van der Waals surface area contributed by atoms with Crippen molar-refractivity contribution < 1.29 is 0 Å². The lowest BCUT2D eigenvalue weighted by Crippen LogP contribution is -2.14. The number of rotatable bonds is 0. The molecule has 1 aromatic heterocycles. The van der Waals surface area contributed by atoms with Crippen molar-refractivity contribution in [2.24, 2.45) is 5.73 Å². The highest BCUT2D eigenvalue weighted by Crippen LogP contribution is 2.39. The van der Waals surface area contributed by atoms with Crippen LogP contribution >= 0.6 is 11.3 Å². The first kappa shape index (κ1) is 8.45. The summed E-state index contributed by atoms with van der Waals surface area (Å²) >= 11 is 1.88. The highest BCUT2D eigenvalue weighted by Gasteiger charge is 2.21. The first-order valence-corrected chi connectivity index (χ1v) is 5.94. The van der Waals surface area contributed by atoms with Crippen LogP contribution in [0, 0.1) is 0 Å². The second-order valence-electron chi connectivity index (χ2n) is 3.94. The number of thiophene rings is 1. The molecule has 0 fully saturated rings. The molecule has 1 aliphatic rings. The Hall–Kier alpha value is -0.860. The number of hydrogen-bond donors (Lipinski definition) is 1. The fourth-order valence-electron chi connectivity index (χ4n) is 2.30. The first-order chi connectivity index (χ1) is 6.86. The number of fused-ring (bicyclic) bond motifs is 3. The molecule has 1 heterocycles. The molecule has 0 saturated heterocycles. The van der Waals surface area contributed by atoms with Crippen molar-refractivity contribution >= 4 is 21.4 Å². The number of nitrogens with two attached hydrogens (primary N) is 1. The van der Waals surface area contributed by atoms with Crippen LogP contribution in [0.5, 0.6) is 0 Å². The molecule has 3 rings (SSSR count). The second-order valence-corrected chi connectivity index (χ2v) is 5.02. The van der Waals surface area contributed by atoms with Gasteiger partial charge >= 0.3 is 0 Å². The molecule has 0 spiro atoms. The number of hydrogen-bond acceptors (Lipinski definition) is 2. The smallest absolute Gasteiger partial charge is 0.0393 e. The monoisotopic (exact) mass is 203 g/mol. The lowest BCUT2D eigenvalue weighted by atomic mass is 9.93. The van der Waals surface area contributed by atoms with Gasteiger partial charge in [-0.15, -0.1) is 11.3 Å². The highest BCUT2D eigenvalue weighted by molar-refractivity contribution is 7.19. The largest absolute Gasteiger partial charge is 0.323 e. The lowest BCUT2D eigenvalue weighted by molar-refractivity contribution is 0.584. The van der Waals surface area contributed by atoms with Gasteiger partial charge in [0.25, 0.3) is 0 Å². The van der Waals surface area contributed by atoms with Crippen molar-refractivity contribution in [2.45, 2.75) is 25.3 Å². The van der Waals surface area contributed by atoms with Crippen molar-refractivity contribution in [1.82, 2.24) is 0 Å². The Balaban J connectivity index is 2.32. The summed E-state index contributed by atoms with van der Waals surface area (Å²) in [6.45, 7) is 0. The highest BCUT2D eigenvalue weighted by atomic mass is 32.1. The van der Waals surface area contributed by atoms with E-state index in [0.29, 0.717) is 0 Å². The summed E-state index contributed by atoms with van der Waals surface area (Å²) in [5, 5.41) is 1.43. The van der Waals surface area contributed by atoms with Crippen molar-refractivity contribution in [3.05, 3.63) is 34.7 Å². The van der Waals surface area contributed by atoms with E-state index in [-0.39, 0.29) is 6.04 Å². The summed E-state index contributed by atoms with van der Waals surface area (Å²) < 4.78 is 1.40. The lowest BCUT2D eigenvalue weighted by Gasteiger charge is -2.17. The zero-order valence-electron chi connectivity index (χ0n) is 7.99. The molecule has 14 heavy (non-hydrogen) atoms. The van der Waals surface area contributed by atoms with E-state index in [1.807, 2.05) is 11.3 Å². The van der Waals surface area contributed by atoms with Gasteiger partial charge in [0.05, 0.1) is 0 Å². The molecule has 72 valence electrons. The van der Waals surface area contributed by atoms with E-state index >= 15 is 0 Å². The molecule has 2 heteroatoms. The first-order valence-electron chi connectivity index (χ1n) is 5.12. The summed E-state index contributed by atoms with van der Waals surface area (Å²) in [6.07, 6.45) is 3.61. The quantitative estimate of drug-likeness (QED) is 0.699. The Morgan fingerprint density at radius 1 is 1.29 bits per heavy atom. The Labute approximate surface area is 87.5 Å². The maximum atomic E-state index is 6.12. The summed E-state index contributed by atoms with van der Waals surface area (Å²) in [6, 6.07) is 8.94. The number of benzene rings is 1. The molecule has 0 bridgehead atoms. The third-order valence-corrected chi connectivity index (χ3v) is 4.35. The average Bonchev–Trinajstić information content (AvgIpc) is 2.59. The third-order valence-electron chi connectivity index (χ3n) is 3.01. The Morgan fingerprint density at radius 3 is 3.07 bits per heavy atom. The van der Waals surface area contributed by atoms with Crippen LogP contribution in [0.15, 0.2) is 24.3 Å². The summed E-state index contributed by atoms with van der Waals surface area (Å²) in [5.41, 5.74) is 7.64. The minimum Gasteiger partial charge on any atom is -0.323 e. The second kappa shape index (κ2) is 3.07. The van der Waals surface area contributed by atoms with E-state index in [2.05, 4.69) is 24.3 Å². The average molecular weight is 203 g/mol. The van der Waals surface area contributed by atoms with Crippen LogP contribution in [0.4, 0.5) is 0 Å². The fraction of sp³-hybridized carbons (Fsp3) is 0.333. The molecule has 0 unspecified atom stereocenters. The molecule has 0 amide bonds. The molecule has 1 aliphatic carbocycles. The molecule has 1 nitrogen and oxygen atoms in total. The predicted molar refractivity (Wildman–Crippen MR) is 61.7 cm³/mol. The van der Waals surface area contributed by atoms with E-state index in [9.17, 15) is 0 Å². The maximum Gasteiger partial charge on any atom is 0.0393 e. The predicted octanol–water partition coefficient (Wildman–Crippen LogP) is 3.24. The maximum absolute atomic E-state index is 6.12. The molecule has 1 aromatic carbocycles. The van der Waals surface area contributed by atoms with Crippen LogP contribution in [0.2, 0.25) is 0 Å². The van der Waals surface area contributed by atoms with E-state index in [4.69, 9.17) is 5.73 Å². The van der Waals surface area contributed by atoms with E-state index in [1.165, 1.54) is 33.4 Å². The van der Waals surface area contributed by atoms with Crippen molar-refractivity contribution in [2.75, 3.05) is 0 Å². The van der Waals surface area contributed by atoms with Gasteiger partial charge in [0.1, 0.15) is 0 Å².